The molecule has 0 spiro atoms. The van der Waals surface area contributed by atoms with Gasteiger partial charge in [0.2, 0.25) is 0 Å². The molecule has 1 amide bonds. The molecule has 0 saturated carbocycles. The zero-order valence-electron chi connectivity index (χ0n) is 13.0. The molecule has 21 heavy (non-hydrogen) atoms. The van der Waals surface area contributed by atoms with Gasteiger partial charge < -0.3 is 14.8 Å². The predicted molar refractivity (Wildman–Crippen MR) is 85.6 cm³/mol. The van der Waals surface area contributed by atoms with Crippen LogP contribution in [0.3, 0.4) is 0 Å². The van der Waals surface area contributed by atoms with Gasteiger partial charge >= 0.3 is 0 Å². The number of carbonyl (C=O) groups is 1. The molecule has 1 aromatic carbocycles. The number of hydrogen-bond acceptors (Lipinski definition) is 2. The van der Waals surface area contributed by atoms with Crippen molar-refractivity contribution in [2.75, 3.05) is 27.2 Å². The van der Waals surface area contributed by atoms with Crippen molar-refractivity contribution in [3.05, 3.63) is 35.5 Å². The first-order valence-electron chi connectivity index (χ1n) is 7.60. The summed E-state index contributed by atoms with van der Waals surface area (Å²) in [5, 5.41) is 1.11. The Hall–Kier alpha value is -1.81. The minimum absolute atomic E-state index is 0.122. The van der Waals surface area contributed by atoms with Crippen molar-refractivity contribution in [3.8, 4) is 0 Å². The monoisotopic (exact) mass is 285 g/mol. The number of nitrogens with zero attached hydrogens (tertiary/aromatic N) is 2. The second-order valence-corrected chi connectivity index (χ2v) is 6.23. The molecule has 1 aliphatic heterocycles. The Morgan fingerprint density at radius 3 is 2.90 bits per heavy atom. The number of H-pyrrole nitrogens is 1. The lowest BCUT2D eigenvalue weighted by Crippen LogP contribution is -2.47. The summed E-state index contributed by atoms with van der Waals surface area (Å²) in [6.45, 7) is 3.74. The summed E-state index contributed by atoms with van der Waals surface area (Å²) in [7, 11) is 4.18. The van der Waals surface area contributed by atoms with E-state index in [0.29, 0.717) is 11.7 Å². The van der Waals surface area contributed by atoms with Gasteiger partial charge in [0.05, 0.1) is 0 Å². The summed E-state index contributed by atoms with van der Waals surface area (Å²) in [4.78, 5) is 20.2. The third-order valence-electron chi connectivity index (χ3n) is 4.51. The van der Waals surface area contributed by atoms with Gasteiger partial charge in [-0.1, -0.05) is 18.2 Å². The van der Waals surface area contributed by atoms with E-state index >= 15 is 0 Å². The van der Waals surface area contributed by atoms with Crippen LogP contribution in [0.4, 0.5) is 0 Å². The van der Waals surface area contributed by atoms with Crippen molar-refractivity contribution in [1.29, 1.82) is 0 Å². The van der Waals surface area contributed by atoms with E-state index in [-0.39, 0.29) is 5.91 Å². The highest BCUT2D eigenvalue weighted by molar-refractivity contribution is 5.98. The van der Waals surface area contributed by atoms with Crippen molar-refractivity contribution in [2.24, 2.45) is 0 Å². The topological polar surface area (TPSA) is 39.3 Å². The van der Waals surface area contributed by atoms with Gasteiger partial charge in [0.1, 0.15) is 5.69 Å². The van der Waals surface area contributed by atoms with E-state index in [0.717, 1.165) is 30.4 Å². The van der Waals surface area contributed by atoms with Crippen molar-refractivity contribution >= 4 is 16.8 Å². The third kappa shape index (κ3) is 2.68. The van der Waals surface area contributed by atoms with Gasteiger partial charge in [-0.25, -0.2) is 0 Å². The molecule has 4 heteroatoms. The van der Waals surface area contributed by atoms with Crippen LogP contribution in [0.15, 0.2) is 24.3 Å². The summed E-state index contributed by atoms with van der Waals surface area (Å²) in [6.07, 6.45) is 2.25. The first kappa shape index (κ1) is 14.1. The van der Waals surface area contributed by atoms with E-state index < -0.39 is 0 Å². The van der Waals surface area contributed by atoms with Crippen LogP contribution in [0, 0.1) is 6.92 Å². The molecule has 1 saturated heterocycles. The molecule has 0 radical (unpaired) electrons. The number of aromatic nitrogens is 1. The molecule has 4 nitrogen and oxygen atoms in total. The zero-order valence-corrected chi connectivity index (χ0v) is 13.0. The van der Waals surface area contributed by atoms with Crippen LogP contribution in [0.25, 0.3) is 10.9 Å². The van der Waals surface area contributed by atoms with Crippen LogP contribution in [-0.4, -0.2) is 53.9 Å². The van der Waals surface area contributed by atoms with Gasteiger partial charge in [-0.2, -0.15) is 0 Å². The van der Waals surface area contributed by atoms with Crippen molar-refractivity contribution in [3.63, 3.8) is 0 Å². The van der Waals surface area contributed by atoms with Gasteiger partial charge in [0.15, 0.2) is 0 Å². The summed E-state index contributed by atoms with van der Waals surface area (Å²) >= 11 is 0. The normalized spacial score (nSPS) is 19.4. The van der Waals surface area contributed by atoms with Gasteiger partial charge in [0, 0.05) is 30.0 Å². The standard InChI is InChI=1S/C17H23N3O/c1-12-6-4-7-13-10-15(18-16(12)13)17(21)20-9-5-8-14(11-20)19(2)3/h4,6-7,10,14,18H,5,8-9,11H2,1-3H3. The summed E-state index contributed by atoms with van der Waals surface area (Å²) in [5.74, 6) is 0.122. The Morgan fingerprint density at radius 1 is 1.38 bits per heavy atom. The van der Waals surface area contributed by atoms with Gasteiger partial charge in [0.25, 0.3) is 5.91 Å². The lowest BCUT2D eigenvalue weighted by molar-refractivity contribution is 0.0630. The number of amides is 1. The Kier molecular flexibility index (Phi) is 3.72. The quantitative estimate of drug-likeness (QED) is 0.921. The second kappa shape index (κ2) is 5.53. The fraction of sp³-hybridized carbons (Fsp3) is 0.471. The van der Waals surface area contributed by atoms with Crippen LogP contribution in [0.2, 0.25) is 0 Å². The van der Waals surface area contributed by atoms with Crippen LogP contribution in [0.1, 0.15) is 28.9 Å². The van der Waals surface area contributed by atoms with Gasteiger partial charge in [-0.3, -0.25) is 4.79 Å². The van der Waals surface area contributed by atoms with Gasteiger partial charge in [-0.05, 0) is 45.5 Å². The molecule has 1 N–H and O–H groups in total. The number of benzene rings is 1. The first-order chi connectivity index (χ1) is 10.1. The fourth-order valence-electron chi connectivity index (χ4n) is 3.15. The van der Waals surface area contributed by atoms with Crippen LogP contribution >= 0.6 is 0 Å². The molecule has 1 aliphatic rings. The van der Waals surface area contributed by atoms with Crippen LogP contribution in [-0.2, 0) is 0 Å². The molecular formula is C17H23N3O. The Labute approximate surface area is 125 Å². The molecule has 112 valence electrons. The lowest BCUT2D eigenvalue weighted by atomic mass is 10.0. The number of para-hydroxylation sites is 1. The van der Waals surface area contributed by atoms with Crippen molar-refractivity contribution in [1.82, 2.24) is 14.8 Å². The van der Waals surface area contributed by atoms with Crippen LogP contribution < -0.4 is 0 Å². The smallest absolute Gasteiger partial charge is 0.270 e. The molecule has 1 aromatic heterocycles. The average Bonchev–Trinajstić information content (AvgIpc) is 2.92. The maximum Gasteiger partial charge on any atom is 0.270 e. The van der Waals surface area contributed by atoms with E-state index in [9.17, 15) is 4.79 Å². The van der Waals surface area contributed by atoms with Crippen molar-refractivity contribution < 1.29 is 4.79 Å². The minimum atomic E-state index is 0.122. The van der Waals surface area contributed by atoms with Crippen molar-refractivity contribution in [2.45, 2.75) is 25.8 Å². The molecular weight excluding hydrogens is 262 g/mol. The number of aromatic amines is 1. The van der Waals surface area contributed by atoms with E-state index in [4.69, 9.17) is 0 Å². The van der Waals surface area contributed by atoms with E-state index in [1.807, 2.05) is 17.0 Å². The number of carbonyl (C=O) groups excluding carboxylic acids is 1. The average molecular weight is 285 g/mol. The first-order valence-corrected chi connectivity index (χ1v) is 7.60. The molecule has 2 aromatic rings. The summed E-state index contributed by atoms with van der Waals surface area (Å²) < 4.78 is 0. The summed E-state index contributed by atoms with van der Waals surface area (Å²) in [6, 6.07) is 8.59. The van der Waals surface area contributed by atoms with E-state index in [2.05, 4.69) is 43.0 Å². The number of rotatable bonds is 2. The molecule has 1 fully saturated rings. The van der Waals surface area contributed by atoms with E-state index in [1.54, 1.807) is 0 Å². The highest BCUT2D eigenvalue weighted by atomic mass is 16.2. The molecule has 0 aliphatic carbocycles. The SMILES string of the molecule is Cc1cccc2cc(C(=O)N3CCCC(N(C)C)C3)[nH]c12. The van der Waals surface area contributed by atoms with Gasteiger partial charge in [-0.15, -0.1) is 0 Å². The number of fused-ring (bicyclic) bond motifs is 1. The number of hydrogen-bond donors (Lipinski definition) is 1. The minimum Gasteiger partial charge on any atom is -0.350 e. The van der Waals surface area contributed by atoms with E-state index in [1.165, 1.54) is 12.0 Å². The molecule has 3 rings (SSSR count). The number of likely N-dealkylation sites (tertiary alicyclic amines) is 1. The molecule has 2 heterocycles. The number of likely N-dealkylation sites (N-methyl/N-ethyl adjacent to an activating group) is 1. The second-order valence-electron chi connectivity index (χ2n) is 6.23. The molecule has 1 atom stereocenters. The Bertz CT molecular complexity index is 659. The lowest BCUT2D eigenvalue weighted by Gasteiger charge is -2.35. The maximum absolute atomic E-state index is 12.7. The third-order valence-corrected chi connectivity index (χ3v) is 4.51. The molecule has 1 unspecified atom stereocenters. The number of piperidine rings is 1. The number of aryl methyl sites for hydroxylation is 1. The zero-order chi connectivity index (χ0) is 15.0. The van der Waals surface area contributed by atoms with Crippen LogP contribution in [0.5, 0.6) is 0 Å². The Balaban J connectivity index is 1.84. The highest BCUT2D eigenvalue weighted by Crippen LogP contribution is 2.21. The fourth-order valence-corrected chi connectivity index (χ4v) is 3.15. The predicted octanol–water partition coefficient (Wildman–Crippen LogP) is 2.64. The maximum atomic E-state index is 12.7. The Morgan fingerprint density at radius 2 is 2.19 bits per heavy atom. The molecule has 0 bridgehead atoms. The summed E-state index contributed by atoms with van der Waals surface area (Å²) in [5.41, 5.74) is 2.96. The highest BCUT2D eigenvalue weighted by Gasteiger charge is 2.26. The largest absolute Gasteiger partial charge is 0.350 e. The number of nitrogens with one attached hydrogen (secondary N) is 1.